The Labute approximate surface area is 114 Å². The highest BCUT2D eigenvalue weighted by Gasteiger charge is 2.36. The molecule has 0 aromatic heterocycles. The number of hydrogen-bond donors (Lipinski definition) is 0. The van der Waals surface area contributed by atoms with Crippen LogP contribution in [0.4, 0.5) is 13.2 Å². The highest BCUT2D eigenvalue weighted by molar-refractivity contribution is 5.89. The van der Waals surface area contributed by atoms with E-state index in [0.717, 1.165) is 5.56 Å². The summed E-state index contributed by atoms with van der Waals surface area (Å²) in [6, 6.07) is 18.7. The summed E-state index contributed by atoms with van der Waals surface area (Å²) in [5.41, 5.74) is 1.68. The van der Waals surface area contributed by atoms with Gasteiger partial charge in [0, 0.05) is 0 Å². The third kappa shape index (κ3) is 2.16. The van der Waals surface area contributed by atoms with Gasteiger partial charge in [0.15, 0.2) is 0 Å². The van der Waals surface area contributed by atoms with Crippen LogP contribution < -0.4 is 0 Å². The topological polar surface area (TPSA) is 0 Å². The molecule has 0 heterocycles. The Bertz CT molecular complexity index is 699. The van der Waals surface area contributed by atoms with Crippen LogP contribution in [-0.4, -0.2) is 0 Å². The highest BCUT2D eigenvalue weighted by Crippen LogP contribution is 2.45. The maximum atomic E-state index is 13.2. The Morgan fingerprint density at radius 3 is 1.75 bits per heavy atom. The molecule has 0 aliphatic heterocycles. The lowest BCUT2D eigenvalue weighted by atomic mass is 10.0. The van der Waals surface area contributed by atoms with Crippen molar-refractivity contribution in [2.75, 3.05) is 0 Å². The van der Waals surface area contributed by atoms with Gasteiger partial charge in [-0.3, -0.25) is 0 Å². The van der Waals surface area contributed by atoms with E-state index in [1.807, 2.05) is 30.3 Å². The molecule has 0 bridgehead atoms. The van der Waals surface area contributed by atoms with Gasteiger partial charge in [0.1, 0.15) is 0 Å². The first-order chi connectivity index (χ1) is 9.57. The Morgan fingerprint density at radius 2 is 1.15 bits per heavy atom. The van der Waals surface area contributed by atoms with E-state index in [9.17, 15) is 13.2 Å². The van der Waals surface area contributed by atoms with Gasteiger partial charge < -0.3 is 0 Å². The van der Waals surface area contributed by atoms with Crippen molar-refractivity contribution in [1.82, 2.24) is 0 Å². The van der Waals surface area contributed by atoms with Crippen LogP contribution in [0.5, 0.6) is 0 Å². The van der Waals surface area contributed by atoms with Crippen molar-refractivity contribution in [3.8, 4) is 22.3 Å². The molecule has 0 fully saturated rings. The zero-order valence-electron chi connectivity index (χ0n) is 10.5. The minimum Gasteiger partial charge on any atom is -0.166 e. The average Bonchev–Trinajstić information content (AvgIpc) is 2.63. The number of fused-ring (bicyclic) bond motifs is 1. The van der Waals surface area contributed by atoms with Gasteiger partial charge in [0.05, 0.1) is 5.56 Å². The number of hydrogen-bond acceptors (Lipinski definition) is 0. The second-order valence-electron chi connectivity index (χ2n) is 4.57. The second kappa shape index (κ2) is 4.67. The standard InChI is InChI=1S/C17H11F3/c18-17(19,20)16-11-15(12-7-3-1-4-8-12)13-9-5-2-6-10-14(13)16/h1-11H. The number of benzene rings is 1. The molecule has 0 unspecified atom stereocenters. The molecule has 0 spiro atoms. The van der Waals surface area contributed by atoms with Crippen LogP contribution in [0.15, 0.2) is 66.7 Å². The predicted molar refractivity (Wildman–Crippen MR) is 73.5 cm³/mol. The van der Waals surface area contributed by atoms with E-state index in [1.54, 1.807) is 24.3 Å². The first kappa shape index (κ1) is 12.7. The lowest BCUT2D eigenvalue weighted by molar-refractivity contribution is -0.136. The van der Waals surface area contributed by atoms with Crippen molar-refractivity contribution >= 4 is 0 Å². The molecule has 3 rings (SSSR count). The number of alkyl halides is 3. The summed E-state index contributed by atoms with van der Waals surface area (Å²) in [6.07, 6.45) is -4.35. The summed E-state index contributed by atoms with van der Waals surface area (Å²) in [5.74, 6) is 0. The molecule has 3 heteroatoms. The summed E-state index contributed by atoms with van der Waals surface area (Å²) < 4.78 is 39.5. The van der Waals surface area contributed by atoms with E-state index >= 15 is 0 Å². The van der Waals surface area contributed by atoms with Gasteiger partial charge in [-0.25, -0.2) is 0 Å². The van der Waals surface area contributed by atoms with E-state index in [-0.39, 0.29) is 5.56 Å². The minimum atomic E-state index is -4.35. The molecule has 2 aliphatic carbocycles. The predicted octanol–water partition coefficient (Wildman–Crippen LogP) is 5.48. The minimum absolute atomic E-state index is 0.237. The molecule has 1 aromatic carbocycles. The molecule has 0 saturated heterocycles. The fourth-order valence-corrected chi connectivity index (χ4v) is 2.41. The summed E-state index contributed by atoms with van der Waals surface area (Å²) in [7, 11) is 0. The summed E-state index contributed by atoms with van der Waals surface area (Å²) >= 11 is 0. The van der Waals surface area contributed by atoms with Crippen molar-refractivity contribution in [2.24, 2.45) is 0 Å². The zero-order valence-corrected chi connectivity index (χ0v) is 10.5. The van der Waals surface area contributed by atoms with Gasteiger partial charge in [-0.15, -0.1) is 0 Å². The summed E-state index contributed by atoms with van der Waals surface area (Å²) in [5, 5.41) is 0. The first-order valence-corrected chi connectivity index (χ1v) is 6.22. The molecule has 0 nitrogen and oxygen atoms in total. The largest absolute Gasteiger partial charge is 0.417 e. The monoisotopic (exact) mass is 272 g/mol. The van der Waals surface area contributed by atoms with Crippen molar-refractivity contribution in [2.45, 2.75) is 6.18 Å². The van der Waals surface area contributed by atoms with Crippen LogP contribution in [0.1, 0.15) is 5.56 Å². The molecule has 0 amide bonds. The molecule has 100 valence electrons. The molecular weight excluding hydrogens is 261 g/mol. The van der Waals surface area contributed by atoms with Gasteiger partial charge in [0.25, 0.3) is 0 Å². The molecule has 0 radical (unpaired) electrons. The highest BCUT2D eigenvalue weighted by atomic mass is 19.4. The second-order valence-corrected chi connectivity index (χ2v) is 4.57. The zero-order chi connectivity index (χ0) is 14.2. The van der Waals surface area contributed by atoms with E-state index in [0.29, 0.717) is 11.1 Å². The van der Waals surface area contributed by atoms with Gasteiger partial charge in [0.2, 0.25) is 0 Å². The normalized spacial score (nSPS) is 11.8. The van der Waals surface area contributed by atoms with E-state index in [4.69, 9.17) is 0 Å². The molecule has 0 N–H and O–H groups in total. The molecule has 20 heavy (non-hydrogen) atoms. The summed E-state index contributed by atoms with van der Waals surface area (Å²) in [4.78, 5) is 0. The molecule has 0 atom stereocenters. The smallest absolute Gasteiger partial charge is 0.166 e. The molecule has 2 aliphatic rings. The Morgan fingerprint density at radius 1 is 0.600 bits per heavy atom. The van der Waals surface area contributed by atoms with Gasteiger partial charge in [-0.2, -0.15) is 13.2 Å². The number of rotatable bonds is 1. The van der Waals surface area contributed by atoms with Crippen LogP contribution in [0, 0.1) is 0 Å². The quantitative estimate of drug-likeness (QED) is 0.550. The van der Waals surface area contributed by atoms with Crippen molar-refractivity contribution in [1.29, 1.82) is 0 Å². The Balaban J connectivity index is 2.30. The van der Waals surface area contributed by atoms with E-state index < -0.39 is 11.7 Å². The molecular formula is C17H11F3. The lowest BCUT2D eigenvalue weighted by Crippen LogP contribution is -2.03. The maximum Gasteiger partial charge on any atom is 0.417 e. The third-order valence-corrected chi connectivity index (χ3v) is 3.30. The number of halogens is 3. The van der Waals surface area contributed by atoms with E-state index in [1.165, 1.54) is 12.1 Å². The third-order valence-electron chi connectivity index (χ3n) is 3.30. The Hall–Kier alpha value is -2.29. The van der Waals surface area contributed by atoms with Crippen molar-refractivity contribution in [3.63, 3.8) is 0 Å². The van der Waals surface area contributed by atoms with Crippen molar-refractivity contribution in [3.05, 3.63) is 72.3 Å². The fraction of sp³-hybridized carbons (Fsp3) is 0.0588. The Kier molecular flexibility index (Phi) is 2.97. The maximum absolute atomic E-state index is 13.2. The van der Waals surface area contributed by atoms with Crippen LogP contribution in [0.25, 0.3) is 22.3 Å². The van der Waals surface area contributed by atoms with E-state index in [2.05, 4.69) is 0 Å². The SMILES string of the molecule is FC(F)(F)c1cc(-c2ccccc2)c2cccccc1-2. The van der Waals surface area contributed by atoms with Gasteiger partial charge in [-0.05, 0) is 28.3 Å². The van der Waals surface area contributed by atoms with Gasteiger partial charge in [-0.1, -0.05) is 60.7 Å². The van der Waals surface area contributed by atoms with Crippen LogP contribution in [0.2, 0.25) is 0 Å². The van der Waals surface area contributed by atoms with Crippen LogP contribution >= 0.6 is 0 Å². The molecule has 0 saturated carbocycles. The average molecular weight is 272 g/mol. The van der Waals surface area contributed by atoms with Gasteiger partial charge >= 0.3 is 6.18 Å². The van der Waals surface area contributed by atoms with Crippen LogP contribution in [-0.2, 0) is 6.18 Å². The van der Waals surface area contributed by atoms with Crippen LogP contribution in [0.3, 0.4) is 0 Å². The van der Waals surface area contributed by atoms with Crippen molar-refractivity contribution < 1.29 is 13.2 Å². The lowest BCUT2D eigenvalue weighted by Gasteiger charge is -2.05. The summed E-state index contributed by atoms with van der Waals surface area (Å²) in [6.45, 7) is 0. The molecule has 1 aromatic rings. The fourth-order valence-electron chi connectivity index (χ4n) is 2.41. The first-order valence-electron chi connectivity index (χ1n) is 6.22.